The highest BCUT2D eigenvalue weighted by molar-refractivity contribution is 5.40. The SMILES string of the molecule is CO[C@@H]1[C@H](O)CC2=CC=C3[C@@H]4CC[C@H]([C@H](C)CCCC(C)C)[C@@]4(C)CC[C@@H]3[C@@]2(C)[C@H]1O. The normalized spacial score (nSPS) is 45.5. The third kappa shape index (κ3) is 3.67. The minimum Gasteiger partial charge on any atom is -0.390 e. The van der Waals surface area contributed by atoms with Gasteiger partial charge in [0.1, 0.15) is 6.10 Å². The fourth-order valence-corrected chi connectivity index (χ4v) is 8.36. The van der Waals surface area contributed by atoms with Crippen LogP contribution in [0.3, 0.4) is 0 Å². The van der Waals surface area contributed by atoms with Gasteiger partial charge >= 0.3 is 0 Å². The van der Waals surface area contributed by atoms with Crippen LogP contribution in [0.25, 0.3) is 0 Å². The minimum absolute atomic E-state index is 0.313. The van der Waals surface area contributed by atoms with Gasteiger partial charge in [0.2, 0.25) is 0 Å². The summed E-state index contributed by atoms with van der Waals surface area (Å²) >= 11 is 0. The second-order valence-corrected chi connectivity index (χ2v) is 12.2. The molecule has 3 heteroatoms. The number of hydrogen-bond donors (Lipinski definition) is 2. The first-order chi connectivity index (χ1) is 14.6. The zero-order valence-electron chi connectivity index (χ0n) is 20.7. The average Bonchev–Trinajstić information content (AvgIpc) is 3.06. The third-order valence-corrected chi connectivity index (χ3v) is 10.2. The molecule has 3 nitrogen and oxygen atoms in total. The number of rotatable bonds is 6. The van der Waals surface area contributed by atoms with E-state index in [2.05, 4.69) is 46.8 Å². The third-order valence-electron chi connectivity index (χ3n) is 10.2. The van der Waals surface area contributed by atoms with Crippen LogP contribution in [0.4, 0.5) is 0 Å². The Hall–Kier alpha value is -0.640. The first-order valence-corrected chi connectivity index (χ1v) is 12.9. The summed E-state index contributed by atoms with van der Waals surface area (Å²) in [7, 11) is 1.62. The van der Waals surface area contributed by atoms with Crippen LogP contribution in [0.5, 0.6) is 0 Å². The zero-order chi connectivity index (χ0) is 22.6. The highest BCUT2D eigenvalue weighted by Gasteiger charge is 2.60. The van der Waals surface area contributed by atoms with E-state index < -0.39 is 18.3 Å². The zero-order valence-corrected chi connectivity index (χ0v) is 20.7. The van der Waals surface area contributed by atoms with E-state index in [-0.39, 0.29) is 5.41 Å². The Balaban J connectivity index is 1.57. The molecule has 9 atom stereocenters. The Bertz CT molecular complexity index is 724. The van der Waals surface area contributed by atoms with Crippen molar-refractivity contribution in [3.8, 4) is 0 Å². The fourth-order valence-electron chi connectivity index (χ4n) is 8.36. The molecule has 0 aromatic carbocycles. The second kappa shape index (κ2) is 8.61. The maximum absolute atomic E-state index is 11.4. The van der Waals surface area contributed by atoms with Crippen LogP contribution in [0.1, 0.15) is 86.0 Å². The van der Waals surface area contributed by atoms with Crippen LogP contribution in [-0.2, 0) is 4.74 Å². The Morgan fingerprint density at radius 3 is 2.45 bits per heavy atom. The fraction of sp³-hybridized carbons (Fsp3) is 0.857. The molecule has 0 saturated heterocycles. The molecule has 3 fully saturated rings. The molecule has 0 aromatic heterocycles. The van der Waals surface area contributed by atoms with Gasteiger partial charge in [0.15, 0.2) is 0 Å². The highest BCUT2D eigenvalue weighted by Crippen LogP contribution is 2.66. The maximum Gasteiger partial charge on any atom is 0.110 e. The lowest BCUT2D eigenvalue weighted by Gasteiger charge is -2.57. The topological polar surface area (TPSA) is 49.7 Å². The molecule has 0 unspecified atom stereocenters. The van der Waals surface area contributed by atoms with Crippen LogP contribution in [0.2, 0.25) is 0 Å². The molecule has 0 aliphatic heterocycles. The van der Waals surface area contributed by atoms with E-state index >= 15 is 0 Å². The lowest BCUT2D eigenvalue weighted by molar-refractivity contribution is -0.150. The molecule has 2 N–H and O–H groups in total. The van der Waals surface area contributed by atoms with Crippen LogP contribution in [-0.4, -0.2) is 35.6 Å². The van der Waals surface area contributed by atoms with Gasteiger partial charge in [-0.1, -0.05) is 77.2 Å². The van der Waals surface area contributed by atoms with Crippen molar-refractivity contribution in [3.63, 3.8) is 0 Å². The molecule has 31 heavy (non-hydrogen) atoms. The van der Waals surface area contributed by atoms with Gasteiger partial charge in [0, 0.05) is 12.5 Å². The summed E-state index contributed by atoms with van der Waals surface area (Å²) in [5.74, 6) is 3.43. The number of ether oxygens (including phenoxy) is 1. The van der Waals surface area contributed by atoms with Crippen molar-refractivity contribution in [1.29, 1.82) is 0 Å². The van der Waals surface area contributed by atoms with Gasteiger partial charge in [-0.2, -0.15) is 0 Å². The summed E-state index contributed by atoms with van der Waals surface area (Å²) < 4.78 is 5.57. The number of aliphatic hydroxyl groups is 2. The quantitative estimate of drug-likeness (QED) is 0.551. The van der Waals surface area contributed by atoms with Crippen LogP contribution in [0, 0.1) is 40.4 Å². The maximum atomic E-state index is 11.4. The Morgan fingerprint density at radius 1 is 1.03 bits per heavy atom. The number of fused-ring (bicyclic) bond motifs is 5. The summed E-state index contributed by atoms with van der Waals surface area (Å²) in [4.78, 5) is 0. The molecular weight excluding hydrogens is 384 g/mol. The molecule has 176 valence electrons. The number of allylic oxidation sites excluding steroid dienone is 3. The standard InChI is InChI=1S/C28H46O3/c1-17(2)8-7-9-18(3)21-12-13-22-20-11-10-19-16-24(29)25(31-6)26(30)28(19,5)23(20)14-15-27(21,22)4/h10-11,17-18,21-26,29-30H,7-9,12-16H2,1-6H3/t18-,21-,22+,23+,24-,25-,26+,27-,28+/m1/s1. The first-order valence-electron chi connectivity index (χ1n) is 12.9. The highest BCUT2D eigenvalue weighted by atomic mass is 16.5. The summed E-state index contributed by atoms with van der Waals surface area (Å²) in [6.45, 7) is 12.0. The smallest absolute Gasteiger partial charge is 0.110 e. The molecule has 0 bridgehead atoms. The van der Waals surface area contributed by atoms with Crippen molar-refractivity contribution < 1.29 is 14.9 Å². The van der Waals surface area contributed by atoms with Gasteiger partial charge in [-0.15, -0.1) is 0 Å². The molecule has 0 amide bonds. The summed E-state index contributed by atoms with van der Waals surface area (Å²) in [6.07, 6.45) is 12.6. The van der Waals surface area contributed by atoms with E-state index in [4.69, 9.17) is 4.74 Å². The summed E-state index contributed by atoms with van der Waals surface area (Å²) in [5, 5.41) is 21.9. The van der Waals surface area contributed by atoms with Gasteiger partial charge in [-0.05, 0) is 67.1 Å². The largest absolute Gasteiger partial charge is 0.390 e. The molecule has 0 radical (unpaired) electrons. The lowest BCUT2D eigenvalue weighted by Crippen LogP contribution is -2.59. The minimum atomic E-state index is -0.655. The van der Waals surface area contributed by atoms with Gasteiger partial charge in [0.25, 0.3) is 0 Å². The van der Waals surface area contributed by atoms with Crippen LogP contribution >= 0.6 is 0 Å². The molecule has 4 aliphatic rings. The predicted molar refractivity (Wildman–Crippen MR) is 127 cm³/mol. The summed E-state index contributed by atoms with van der Waals surface area (Å²) in [5.41, 5.74) is 2.88. The predicted octanol–water partition coefficient (Wildman–Crippen LogP) is 5.90. The molecule has 0 heterocycles. The Kier molecular flexibility index (Phi) is 6.53. The monoisotopic (exact) mass is 430 g/mol. The summed E-state index contributed by atoms with van der Waals surface area (Å²) in [6, 6.07) is 0. The van der Waals surface area contributed by atoms with Crippen molar-refractivity contribution in [2.75, 3.05) is 7.11 Å². The van der Waals surface area contributed by atoms with Crippen molar-refractivity contribution >= 4 is 0 Å². The van der Waals surface area contributed by atoms with E-state index in [1.165, 1.54) is 44.1 Å². The number of aliphatic hydroxyl groups excluding tert-OH is 2. The molecule has 4 aliphatic carbocycles. The van der Waals surface area contributed by atoms with Crippen LogP contribution < -0.4 is 0 Å². The van der Waals surface area contributed by atoms with E-state index in [1.807, 2.05) is 0 Å². The van der Waals surface area contributed by atoms with Crippen molar-refractivity contribution in [2.45, 2.75) is 104 Å². The van der Waals surface area contributed by atoms with Gasteiger partial charge in [0.05, 0.1) is 12.2 Å². The van der Waals surface area contributed by atoms with Gasteiger partial charge in [-0.3, -0.25) is 0 Å². The van der Waals surface area contributed by atoms with Crippen molar-refractivity contribution in [2.24, 2.45) is 40.4 Å². The van der Waals surface area contributed by atoms with Crippen molar-refractivity contribution in [3.05, 3.63) is 23.3 Å². The van der Waals surface area contributed by atoms with E-state index in [9.17, 15) is 10.2 Å². The average molecular weight is 431 g/mol. The Labute approximate surface area is 190 Å². The lowest BCUT2D eigenvalue weighted by atomic mass is 9.49. The molecule has 0 aromatic rings. The van der Waals surface area contributed by atoms with Gasteiger partial charge < -0.3 is 14.9 Å². The van der Waals surface area contributed by atoms with Crippen molar-refractivity contribution in [1.82, 2.24) is 0 Å². The van der Waals surface area contributed by atoms with Gasteiger partial charge in [-0.25, -0.2) is 0 Å². The molecule has 3 saturated carbocycles. The van der Waals surface area contributed by atoms with E-state index in [0.29, 0.717) is 23.7 Å². The molecule has 0 spiro atoms. The first kappa shape index (κ1) is 23.5. The Morgan fingerprint density at radius 2 is 1.77 bits per heavy atom. The molecular formula is C28H46O3. The number of methoxy groups -OCH3 is 1. The van der Waals surface area contributed by atoms with E-state index in [0.717, 1.165) is 24.2 Å². The van der Waals surface area contributed by atoms with E-state index in [1.54, 1.807) is 12.7 Å². The second-order valence-electron chi connectivity index (χ2n) is 12.2. The molecule has 4 rings (SSSR count). The van der Waals surface area contributed by atoms with Crippen LogP contribution in [0.15, 0.2) is 23.3 Å². The number of hydrogen-bond acceptors (Lipinski definition) is 3.